The predicted octanol–water partition coefficient (Wildman–Crippen LogP) is 1.88. The summed E-state index contributed by atoms with van der Waals surface area (Å²) in [7, 11) is 0. The van der Waals surface area contributed by atoms with Crippen molar-refractivity contribution in [3.05, 3.63) is 11.9 Å². The molecular formula is C13H24N4OS. The molecule has 0 aliphatic carbocycles. The van der Waals surface area contributed by atoms with Gasteiger partial charge in [0.2, 0.25) is 0 Å². The molecule has 0 fully saturated rings. The first-order valence-corrected chi connectivity index (χ1v) is 7.66. The van der Waals surface area contributed by atoms with Gasteiger partial charge < -0.3 is 16.2 Å². The maximum absolute atomic E-state index is 8.68. The lowest BCUT2D eigenvalue weighted by atomic mass is 9.96. The molecule has 1 aromatic rings. The molecule has 0 aliphatic heterocycles. The van der Waals surface area contributed by atoms with E-state index in [1.54, 1.807) is 6.07 Å². The van der Waals surface area contributed by atoms with E-state index in [9.17, 15) is 0 Å². The van der Waals surface area contributed by atoms with Gasteiger partial charge in [0.05, 0.1) is 0 Å². The molecule has 0 aromatic carbocycles. The largest absolute Gasteiger partial charge is 0.396 e. The van der Waals surface area contributed by atoms with Crippen molar-refractivity contribution in [3.63, 3.8) is 0 Å². The molecule has 0 spiro atoms. The molecule has 0 unspecified atom stereocenters. The van der Waals surface area contributed by atoms with Crippen LogP contribution in [-0.2, 0) is 5.41 Å². The smallest absolute Gasteiger partial charge is 0.138 e. The normalized spacial score (nSPS) is 11.6. The fraction of sp³-hybridized carbons (Fsp3) is 0.692. The molecule has 0 bridgehead atoms. The summed E-state index contributed by atoms with van der Waals surface area (Å²) in [4.78, 5) is 8.75. The van der Waals surface area contributed by atoms with E-state index < -0.39 is 0 Å². The number of nitrogens with zero attached hydrogens (tertiary/aromatic N) is 2. The summed E-state index contributed by atoms with van der Waals surface area (Å²) in [6.07, 6.45) is 0.847. The zero-order valence-corrected chi connectivity index (χ0v) is 12.8. The number of nitrogens with one attached hydrogen (secondary N) is 1. The first-order chi connectivity index (χ1) is 8.93. The van der Waals surface area contributed by atoms with Crippen LogP contribution < -0.4 is 11.1 Å². The first-order valence-electron chi connectivity index (χ1n) is 6.51. The van der Waals surface area contributed by atoms with Gasteiger partial charge >= 0.3 is 0 Å². The van der Waals surface area contributed by atoms with Gasteiger partial charge in [0.1, 0.15) is 17.5 Å². The Morgan fingerprint density at radius 3 is 2.68 bits per heavy atom. The second-order valence-electron chi connectivity index (χ2n) is 5.37. The lowest BCUT2D eigenvalue weighted by Crippen LogP contribution is -2.18. The minimum absolute atomic E-state index is 0.109. The number of aliphatic hydroxyl groups is 1. The van der Waals surface area contributed by atoms with E-state index in [1.165, 1.54) is 0 Å². The van der Waals surface area contributed by atoms with Crippen LogP contribution in [0.25, 0.3) is 0 Å². The highest BCUT2D eigenvalue weighted by Gasteiger charge is 2.18. The molecule has 108 valence electrons. The molecule has 1 heterocycles. The monoisotopic (exact) mass is 284 g/mol. The number of aliphatic hydroxyl groups excluding tert-OH is 1. The van der Waals surface area contributed by atoms with Crippen LogP contribution in [0.2, 0.25) is 0 Å². The highest BCUT2D eigenvalue weighted by molar-refractivity contribution is 7.99. The summed E-state index contributed by atoms with van der Waals surface area (Å²) < 4.78 is 0. The van der Waals surface area contributed by atoms with Crippen molar-refractivity contribution in [2.75, 3.05) is 35.7 Å². The van der Waals surface area contributed by atoms with Crippen LogP contribution in [0.4, 0.5) is 11.6 Å². The lowest BCUT2D eigenvalue weighted by Gasteiger charge is -2.18. The van der Waals surface area contributed by atoms with Gasteiger partial charge in [0.25, 0.3) is 0 Å². The van der Waals surface area contributed by atoms with E-state index in [2.05, 4.69) is 36.1 Å². The number of thioether (sulfide) groups is 1. The fourth-order valence-corrected chi connectivity index (χ4v) is 2.20. The number of aromatic nitrogens is 2. The summed E-state index contributed by atoms with van der Waals surface area (Å²) in [6.45, 7) is 7.29. The van der Waals surface area contributed by atoms with Gasteiger partial charge in [-0.25, -0.2) is 9.97 Å². The van der Waals surface area contributed by atoms with Crippen molar-refractivity contribution in [2.24, 2.45) is 0 Å². The van der Waals surface area contributed by atoms with Gasteiger partial charge in [0, 0.05) is 30.4 Å². The van der Waals surface area contributed by atoms with Crippen LogP contribution in [0.5, 0.6) is 0 Å². The van der Waals surface area contributed by atoms with Gasteiger partial charge in [-0.15, -0.1) is 0 Å². The highest BCUT2D eigenvalue weighted by atomic mass is 32.2. The second kappa shape index (κ2) is 7.55. The number of nitrogens with two attached hydrogens (primary N) is 1. The molecule has 1 aromatic heterocycles. The van der Waals surface area contributed by atoms with Crippen molar-refractivity contribution >= 4 is 23.4 Å². The van der Waals surface area contributed by atoms with E-state index in [0.717, 1.165) is 36.1 Å². The number of anilines is 2. The summed E-state index contributed by atoms with van der Waals surface area (Å²) in [5.74, 6) is 3.99. The zero-order valence-electron chi connectivity index (χ0n) is 11.9. The van der Waals surface area contributed by atoms with E-state index in [1.807, 2.05) is 11.8 Å². The third kappa shape index (κ3) is 6.11. The van der Waals surface area contributed by atoms with Crippen LogP contribution in [0, 0.1) is 0 Å². The summed E-state index contributed by atoms with van der Waals surface area (Å²) >= 11 is 1.81. The molecule has 0 atom stereocenters. The lowest BCUT2D eigenvalue weighted by molar-refractivity contribution is 0.296. The molecule has 0 radical (unpaired) electrons. The Morgan fingerprint density at radius 1 is 1.32 bits per heavy atom. The van der Waals surface area contributed by atoms with Crippen molar-refractivity contribution < 1.29 is 5.11 Å². The molecule has 4 N–H and O–H groups in total. The maximum atomic E-state index is 8.68. The molecule has 5 nitrogen and oxygen atoms in total. The average Bonchev–Trinajstić information content (AvgIpc) is 2.32. The minimum atomic E-state index is -0.109. The molecule has 19 heavy (non-hydrogen) atoms. The molecular weight excluding hydrogens is 260 g/mol. The SMILES string of the molecule is CC(C)(C)c1nc(N)cc(NCCSCCCO)n1. The van der Waals surface area contributed by atoms with Crippen LogP contribution in [-0.4, -0.2) is 39.7 Å². The van der Waals surface area contributed by atoms with Crippen molar-refractivity contribution in [3.8, 4) is 0 Å². The van der Waals surface area contributed by atoms with Crippen molar-refractivity contribution in [1.29, 1.82) is 0 Å². The van der Waals surface area contributed by atoms with E-state index >= 15 is 0 Å². The highest BCUT2D eigenvalue weighted by Crippen LogP contribution is 2.21. The standard InChI is InChI=1S/C13H24N4OS/c1-13(2,3)12-16-10(14)9-11(17-12)15-5-8-19-7-4-6-18/h9,18H,4-8H2,1-3H3,(H3,14,15,16,17). The Kier molecular flexibility index (Phi) is 6.37. The predicted molar refractivity (Wildman–Crippen MR) is 82.7 cm³/mol. The summed E-state index contributed by atoms with van der Waals surface area (Å²) in [6, 6.07) is 1.76. The minimum Gasteiger partial charge on any atom is -0.396 e. The molecule has 0 aliphatic rings. The Labute approximate surface area is 119 Å². The second-order valence-corrected chi connectivity index (χ2v) is 6.59. The van der Waals surface area contributed by atoms with Gasteiger partial charge in [-0.05, 0) is 12.2 Å². The number of rotatable bonds is 7. The van der Waals surface area contributed by atoms with Crippen LogP contribution >= 0.6 is 11.8 Å². The molecule has 0 amide bonds. The number of hydrogen-bond acceptors (Lipinski definition) is 6. The number of hydrogen-bond donors (Lipinski definition) is 3. The average molecular weight is 284 g/mol. The Bertz CT molecular complexity index is 393. The maximum Gasteiger partial charge on any atom is 0.138 e. The van der Waals surface area contributed by atoms with Gasteiger partial charge in [-0.3, -0.25) is 0 Å². The zero-order chi connectivity index (χ0) is 14.3. The van der Waals surface area contributed by atoms with E-state index in [-0.39, 0.29) is 12.0 Å². The van der Waals surface area contributed by atoms with Crippen molar-refractivity contribution in [1.82, 2.24) is 9.97 Å². The quantitative estimate of drug-likeness (QED) is 0.663. The number of nitrogen functional groups attached to an aromatic ring is 1. The third-order valence-electron chi connectivity index (χ3n) is 2.42. The van der Waals surface area contributed by atoms with E-state index in [0.29, 0.717) is 5.82 Å². The van der Waals surface area contributed by atoms with Gasteiger partial charge in [-0.1, -0.05) is 20.8 Å². The van der Waals surface area contributed by atoms with Crippen molar-refractivity contribution in [2.45, 2.75) is 32.6 Å². The summed E-state index contributed by atoms with van der Waals surface area (Å²) in [5.41, 5.74) is 5.69. The first kappa shape index (κ1) is 16.0. The van der Waals surface area contributed by atoms with Crippen LogP contribution in [0.15, 0.2) is 6.07 Å². The third-order valence-corrected chi connectivity index (χ3v) is 3.49. The van der Waals surface area contributed by atoms with E-state index in [4.69, 9.17) is 10.8 Å². The molecule has 1 rings (SSSR count). The topological polar surface area (TPSA) is 84.1 Å². The summed E-state index contributed by atoms with van der Waals surface area (Å²) in [5, 5.41) is 11.9. The molecule has 6 heteroatoms. The van der Waals surface area contributed by atoms with Gasteiger partial charge in [-0.2, -0.15) is 11.8 Å². The Balaban J connectivity index is 2.48. The fourth-order valence-electron chi connectivity index (χ4n) is 1.41. The van der Waals surface area contributed by atoms with Gasteiger partial charge in [0.15, 0.2) is 0 Å². The Morgan fingerprint density at radius 2 is 2.05 bits per heavy atom. The van der Waals surface area contributed by atoms with Crippen LogP contribution in [0.3, 0.4) is 0 Å². The molecule has 0 saturated carbocycles. The molecule has 0 saturated heterocycles. The van der Waals surface area contributed by atoms with Crippen LogP contribution in [0.1, 0.15) is 33.0 Å². The Hall–Kier alpha value is -1.01.